The topological polar surface area (TPSA) is 0 Å². The molecule has 9 heteroatoms. The largest absolute Gasteiger partial charge is 0.129 e. The maximum Gasteiger partial charge on any atom is 0.129 e. The Bertz CT molecular complexity index is 5590. The summed E-state index contributed by atoms with van der Waals surface area (Å²) in [4.78, 5) is 0. The van der Waals surface area contributed by atoms with Gasteiger partial charge in [-0.15, -0.1) is 5.54 Å². The van der Waals surface area contributed by atoms with E-state index in [1.165, 1.54) is 111 Å². The van der Waals surface area contributed by atoms with Gasteiger partial charge in [-0.05, 0) is 291 Å². The van der Waals surface area contributed by atoms with Crippen LogP contribution in [0.3, 0.4) is 0 Å². The zero-order chi connectivity index (χ0) is 87.6. The van der Waals surface area contributed by atoms with Gasteiger partial charge in [-0.3, -0.25) is 0 Å². The average molecular weight is 2100 g/mol. The SMILES string of the molecule is Cc1cc(C(C)(C)C)cc(C)c1Cc1c(Br)cc(C#Cc2cc(C#Cc3cc(C#Cc4cc(C#Cc5cc(Br)c(Cc6c(C)cc(C(C)(C)C)cc6C)c(Br)c5)cc(C#Cc5cc(Br)c(Cc6c(C)cc(C(C)(C)C)cc6C)c(Br)c5)c4)cc(C#C[Si](C)(C)C)c3)cc(C#Cc3cc(Br)c(Cc4c(C)cc(C(C)(C)C)cc4C)c(Br)c3)c2)cc1Br. The van der Waals surface area contributed by atoms with Gasteiger partial charge in [0.2, 0.25) is 0 Å². The quantitative estimate of drug-likeness (QED) is 0.105. The van der Waals surface area contributed by atoms with Crippen LogP contribution in [0.2, 0.25) is 19.6 Å². The van der Waals surface area contributed by atoms with Crippen LogP contribution in [0.5, 0.6) is 0 Å². The fourth-order valence-electron chi connectivity index (χ4n) is 14.6. The number of hydrogen-bond acceptors (Lipinski definition) is 0. The highest BCUT2D eigenvalue weighted by atomic mass is 79.9. The van der Waals surface area contributed by atoms with E-state index >= 15 is 0 Å². The summed E-state index contributed by atoms with van der Waals surface area (Å²) in [6.07, 6.45) is 3.09. The normalized spacial score (nSPS) is 11.5. The van der Waals surface area contributed by atoms with Gasteiger partial charge in [0.1, 0.15) is 8.07 Å². The van der Waals surface area contributed by atoms with E-state index < -0.39 is 8.07 Å². The molecule has 11 rings (SSSR count). The van der Waals surface area contributed by atoms with E-state index in [0.717, 1.165) is 134 Å². The van der Waals surface area contributed by atoms with Crippen LogP contribution in [-0.4, -0.2) is 8.07 Å². The van der Waals surface area contributed by atoms with E-state index in [2.05, 4.69) is 489 Å². The number of halogens is 8. The molecule has 0 unspecified atom stereocenters. The Morgan fingerprint density at radius 1 is 0.192 bits per heavy atom. The second kappa shape index (κ2) is 38.3. The highest BCUT2D eigenvalue weighted by Crippen LogP contribution is 2.40. The molecule has 0 amide bonds. The summed E-state index contributed by atoms with van der Waals surface area (Å²) in [5, 5.41) is 0. The summed E-state index contributed by atoms with van der Waals surface area (Å²) in [7, 11) is -1.83. The molecule has 0 nitrogen and oxygen atoms in total. The van der Waals surface area contributed by atoms with Crippen molar-refractivity contribution in [3.8, 4) is 82.5 Å². The van der Waals surface area contributed by atoms with Crippen molar-refractivity contribution >= 4 is 136 Å². The first-order valence-electron chi connectivity index (χ1n) is 40.5. The van der Waals surface area contributed by atoms with E-state index in [1.54, 1.807) is 0 Å². The lowest BCUT2D eigenvalue weighted by atomic mass is 9.83. The van der Waals surface area contributed by atoms with Crippen LogP contribution in [0.4, 0.5) is 0 Å². The van der Waals surface area contributed by atoms with Crippen molar-refractivity contribution in [2.45, 2.75) is 205 Å². The van der Waals surface area contributed by atoms with Crippen molar-refractivity contribution in [2.24, 2.45) is 0 Å². The fourth-order valence-corrected chi connectivity index (χ4v) is 20.9. The molecule has 11 aromatic carbocycles. The second-order valence-corrected chi connectivity index (χ2v) is 48.7. The Labute approximate surface area is 786 Å². The molecule has 0 aromatic heterocycles. The summed E-state index contributed by atoms with van der Waals surface area (Å²) in [6.45, 7) is 51.8. The maximum atomic E-state index is 3.98. The Morgan fingerprint density at radius 3 is 0.442 bits per heavy atom. The molecule has 0 radical (unpaired) electrons. The van der Waals surface area contributed by atoms with Crippen LogP contribution < -0.4 is 0 Å². The minimum Gasteiger partial charge on any atom is -0.127 e. The standard InChI is InChI=1S/C111H102Br8Si/c1-67-38-88(108(9,10)11)39-68(2)92(67)63-96-100(112)55-83(56-101(96)113)32-28-77-46-75(47-78(50-77)29-33-84-57-102(114)97(103(115)58-84)64-93-69(3)40-89(41-70(93)4)109(12,13)14)24-26-81-52-82(54-87(53-81)36-37-120(21,22)23)27-25-76-48-79(30-34-85-59-104(116)98(105(117)60-85)65-94-71(5)42-90(43-72(94)6)110(15,16)17)51-80(49-76)31-35-86-61-106(118)99(107(119)62-86)66-95-73(7)44-91(45-74(95)8)111(18,19)20/h38-62H,63-66H2,1-23H3. The predicted octanol–water partition coefficient (Wildman–Crippen LogP) is 31.4. The van der Waals surface area contributed by atoms with Crippen molar-refractivity contribution in [3.05, 3.63) is 371 Å². The third kappa shape index (κ3) is 24.5. The first kappa shape index (κ1) is 93.1. The molecule has 0 atom stereocenters. The number of rotatable bonds is 8. The van der Waals surface area contributed by atoms with E-state index in [9.17, 15) is 0 Å². The summed E-state index contributed by atoms with van der Waals surface area (Å²) in [5.74, 6) is 46.0. The molecule has 0 saturated carbocycles. The summed E-state index contributed by atoms with van der Waals surface area (Å²) >= 11 is 31.9. The van der Waals surface area contributed by atoms with Crippen LogP contribution in [0.25, 0.3) is 0 Å². The smallest absolute Gasteiger partial charge is 0.127 e. The lowest BCUT2D eigenvalue weighted by Gasteiger charge is -2.23. The maximum absolute atomic E-state index is 3.98. The van der Waals surface area contributed by atoms with Crippen molar-refractivity contribution in [2.75, 3.05) is 0 Å². The molecule has 0 aliphatic heterocycles. The highest BCUT2D eigenvalue weighted by Gasteiger charge is 2.24. The van der Waals surface area contributed by atoms with Crippen LogP contribution in [0, 0.1) is 138 Å². The molecule has 0 N–H and O–H groups in total. The van der Waals surface area contributed by atoms with Crippen molar-refractivity contribution < 1.29 is 0 Å². The molecule has 120 heavy (non-hydrogen) atoms. The minimum absolute atomic E-state index is 0.0584. The first-order valence-corrected chi connectivity index (χ1v) is 50.4. The molecule has 0 spiro atoms. The van der Waals surface area contributed by atoms with Gasteiger partial charge in [0.05, 0.1) is 0 Å². The minimum atomic E-state index is -1.83. The summed E-state index contributed by atoms with van der Waals surface area (Å²) in [6, 6.07) is 54.2. The van der Waals surface area contributed by atoms with E-state index in [-0.39, 0.29) is 21.7 Å². The molecule has 0 aliphatic carbocycles. The Kier molecular flexibility index (Phi) is 29.7. The number of aryl methyl sites for hydroxylation is 8. The van der Waals surface area contributed by atoms with Crippen molar-refractivity contribution in [1.29, 1.82) is 0 Å². The Balaban J connectivity index is 0.980. The molecule has 0 fully saturated rings. The molecule has 0 saturated heterocycles. The molecular weight excluding hydrogens is 2000 g/mol. The number of benzene rings is 11. The van der Waals surface area contributed by atoms with Gasteiger partial charge in [-0.25, -0.2) is 0 Å². The zero-order valence-corrected chi connectivity index (χ0v) is 87.0. The third-order valence-electron chi connectivity index (χ3n) is 21.7. The van der Waals surface area contributed by atoms with Crippen molar-refractivity contribution in [1.82, 2.24) is 0 Å². The van der Waals surface area contributed by atoms with E-state index in [1.807, 2.05) is 30.3 Å². The summed E-state index contributed by atoms with van der Waals surface area (Å²) < 4.78 is 7.93. The van der Waals surface area contributed by atoms with Gasteiger partial charge in [0.25, 0.3) is 0 Å². The third-order valence-corrected chi connectivity index (χ3v) is 28.2. The second-order valence-electron chi connectivity index (χ2n) is 37.1. The molecule has 0 bridgehead atoms. The van der Waals surface area contributed by atoms with E-state index in [0.29, 0.717) is 0 Å². The Hall–Kier alpha value is -7.60. The molecule has 0 heterocycles. The molecule has 606 valence electrons. The van der Waals surface area contributed by atoms with Gasteiger partial charge >= 0.3 is 0 Å². The van der Waals surface area contributed by atoms with Gasteiger partial charge in [0.15, 0.2) is 0 Å². The van der Waals surface area contributed by atoms with Crippen LogP contribution >= 0.6 is 127 Å². The zero-order valence-electron chi connectivity index (χ0n) is 73.3. The predicted molar refractivity (Wildman–Crippen MR) is 542 cm³/mol. The molecular formula is C111H102Br8Si. The van der Waals surface area contributed by atoms with E-state index in [4.69, 9.17) is 0 Å². The van der Waals surface area contributed by atoms with Gasteiger partial charge in [0, 0.05) is 134 Å². The fraction of sp³-hybridized carbons (Fsp3) is 0.279. The number of hydrogen-bond donors (Lipinski definition) is 0. The lowest BCUT2D eigenvalue weighted by molar-refractivity contribution is 0.588. The van der Waals surface area contributed by atoms with Gasteiger partial charge in [-0.2, -0.15) is 0 Å². The summed E-state index contributed by atoms with van der Waals surface area (Å²) in [5.41, 5.74) is 40.0. The molecule has 0 aliphatic rings. The van der Waals surface area contributed by atoms with Crippen LogP contribution in [-0.2, 0) is 47.3 Å². The van der Waals surface area contributed by atoms with Crippen molar-refractivity contribution in [3.63, 3.8) is 0 Å². The first-order chi connectivity index (χ1) is 56.1. The molecule has 11 aromatic rings. The van der Waals surface area contributed by atoms with Gasteiger partial charge < -0.3 is 0 Å². The Morgan fingerprint density at radius 2 is 0.317 bits per heavy atom. The monoisotopic (exact) mass is 2090 g/mol. The van der Waals surface area contributed by atoms with Crippen LogP contribution in [0.15, 0.2) is 187 Å². The van der Waals surface area contributed by atoms with Crippen LogP contribution in [0.1, 0.15) is 267 Å². The highest BCUT2D eigenvalue weighted by molar-refractivity contribution is 9.12. The average Bonchev–Trinajstić information content (AvgIpc) is 0.800. The van der Waals surface area contributed by atoms with Gasteiger partial charge in [-0.1, -0.05) is 356 Å². The lowest BCUT2D eigenvalue weighted by Crippen LogP contribution is -2.16.